The van der Waals surface area contributed by atoms with Crippen LogP contribution in [0.3, 0.4) is 0 Å². The average Bonchev–Trinajstić information content (AvgIpc) is 2.34. The molecule has 0 aromatic rings. The van der Waals surface area contributed by atoms with Gasteiger partial charge in [0.05, 0.1) is 0 Å². The zero-order valence-corrected chi connectivity index (χ0v) is 12.0. The van der Waals surface area contributed by atoms with Crippen molar-refractivity contribution in [2.45, 2.75) is 18.9 Å². The van der Waals surface area contributed by atoms with Gasteiger partial charge in [0.15, 0.2) is 0 Å². The van der Waals surface area contributed by atoms with Gasteiger partial charge in [-0.3, -0.25) is 0 Å². The van der Waals surface area contributed by atoms with E-state index in [0.29, 0.717) is 0 Å². The summed E-state index contributed by atoms with van der Waals surface area (Å²) in [4.78, 5) is 0. The van der Waals surface area contributed by atoms with Crippen molar-refractivity contribution in [1.29, 1.82) is 0 Å². The van der Waals surface area contributed by atoms with Gasteiger partial charge in [-0.25, -0.2) is 0 Å². The molecule has 0 aliphatic carbocycles. The summed E-state index contributed by atoms with van der Waals surface area (Å²) in [6, 6.07) is 0.857. The van der Waals surface area contributed by atoms with E-state index in [1.54, 1.807) is 21.3 Å². The van der Waals surface area contributed by atoms with Crippen molar-refractivity contribution in [2.75, 3.05) is 48.0 Å². The van der Waals surface area contributed by atoms with Crippen molar-refractivity contribution >= 4 is 8.80 Å². The maximum absolute atomic E-state index is 5.34. The molecule has 0 aromatic carbocycles. The van der Waals surface area contributed by atoms with Gasteiger partial charge in [0, 0.05) is 27.4 Å². The van der Waals surface area contributed by atoms with E-state index in [2.05, 4.69) is 10.6 Å². The normalized spacial score (nSPS) is 12.0. The number of rotatable bonds is 11. The van der Waals surface area contributed by atoms with Crippen molar-refractivity contribution in [2.24, 2.45) is 0 Å². The molecule has 0 amide bonds. The quantitative estimate of drug-likeness (QED) is 0.412. The minimum atomic E-state index is -2.35. The van der Waals surface area contributed by atoms with Crippen molar-refractivity contribution < 1.29 is 13.3 Å². The van der Waals surface area contributed by atoms with Crippen LogP contribution in [0.4, 0.5) is 0 Å². The summed E-state index contributed by atoms with van der Waals surface area (Å²) in [5, 5.41) is 6.50. The van der Waals surface area contributed by atoms with Crippen LogP contribution in [0.15, 0.2) is 0 Å². The van der Waals surface area contributed by atoms with Gasteiger partial charge in [0.25, 0.3) is 0 Å². The molecule has 0 aliphatic heterocycles. The fourth-order valence-corrected chi connectivity index (χ4v) is 3.22. The van der Waals surface area contributed by atoms with Crippen LogP contribution in [0.1, 0.15) is 12.8 Å². The van der Waals surface area contributed by atoms with E-state index in [0.717, 1.165) is 38.5 Å². The summed E-state index contributed by atoms with van der Waals surface area (Å²) in [6.07, 6.45) is 2.17. The minimum Gasteiger partial charge on any atom is -0.377 e. The Kier molecular flexibility index (Phi) is 10.2. The molecule has 0 spiro atoms. The zero-order valence-electron chi connectivity index (χ0n) is 11.0. The predicted octanol–water partition coefficient (Wildman–Crippen LogP) is 0.454. The maximum Gasteiger partial charge on any atom is 0.500 e. The standard InChI is InChI=1S/C10H26N2O3Si/c1-11-7-5-8-12-9-6-10-16(13-2,14-3)15-4/h11-12H,5-10H2,1-4H3. The summed E-state index contributed by atoms with van der Waals surface area (Å²) in [6.45, 7) is 3.08. The third-order valence-electron chi connectivity index (χ3n) is 2.55. The third-order valence-corrected chi connectivity index (χ3v) is 5.38. The van der Waals surface area contributed by atoms with Crippen molar-refractivity contribution in [1.82, 2.24) is 10.6 Å². The van der Waals surface area contributed by atoms with Crippen LogP contribution in [0.2, 0.25) is 6.04 Å². The zero-order chi connectivity index (χ0) is 12.3. The Morgan fingerprint density at radius 1 is 0.875 bits per heavy atom. The van der Waals surface area contributed by atoms with Crippen LogP contribution in [0, 0.1) is 0 Å². The number of nitrogens with one attached hydrogen (secondary N) is 2. The second kappa shape index (κ2) is 10.2. The molecule has 5 nitrogen and oxygen atoms in total. The summed E-state index contributed by atoms with van der Waals surface area (Å²) < 4.78 is 16.0. The highest BCUT2D eigenvalue weighted by atomic mass is 28.4. The van der Waals surface area contributed by atoms with Crippen molar-refractivity contribution in [3.8, 4) is 0 Å². The fourth-order valence-electron chi connectivity index (χ4n) is 1.50. The Morgan fingerprint density at radius 2 is 1.44 bits per heavy atom. The van der Waals surface area contributed by atoms with Gasteiger partial charge >= 0.3 is 8.80 Å². The van der Waals surface area contributed by atoms with Crippen LogP contribution >= 0.6 is 0 Å². The second-order valence-corrected chi connectivity index (χ2v) is 6.70. The molecular weight excluding hydrogens is 224 g/mol. The Balaban J connectivity index is 3.48. The minimum absolute atomic E-state index is 0.857. The molecular formula is C10H26N2O3Si. The Labute approximate surface area is 100 Å². The van der Waals surface area contributed by atoms with Crippen molar-refractivity contribution in [3.05, 3.63) is 0 Å². The van der Waals surface area contributed by atoms with E-state index in [1.807, 2.05) is 7.05 Å². The highest BCUT2D eigenvalue weighted by Gasteiger charge is 2.36. The molecule has 2 N–H and O–H groups in total. The van der Waals surface area contributed by atoms with E-state index in [4.69, 9.17) is 13.3 Å². The average molecular weight is 250 g/mol. The molecule has 98 valence electrons. The second-order valence-electron chi connectivity index (χ2n) is 3.61. The Morgan fingerprint density at radius 3 is 1.94 bits per heavy atom. The summed E-state index contributed by atoms with van der Waals surface area (Å²) in [5.74, 6) is 0. The molecule has 0 aromatic heterocycles. The van der Waals surface area contributed by atoms with E-state index in [9.17, 15) is 0 Å². The first-order valence-electron chi connectivity index (χ1n) is 5.75. The lowest BCUT2D eigenvalue weighted by molar-refractivity contribution is 0.123. The lowest BCUT2D eigenvalue weighted by Gasteiger charge is -2.24. The molecule has 0 saturated carbocycles. The molecule has 16 heavy (non-hydrogen) atoms. The van der Waals surface area contributed by atoms with Crippen LogP contribution in [-0.4, -0.2) is 56.8 Å². The van der Waals surface area contributed by atoms with E-state index >= 15 is 0 Å². The highest BCUT2D eigenvalue weighted by Crippen LogP contribution is 2.14. The maximum atomic E-state index is 5.34. The van der Waals surface area contributed by atoms with Gasteiger partial charge in [0.1, 0.15) is 0 Å². The SMILES string of the molecule is CNCCCNCCC[Si](OC)(OC)OC. The van der Waals surface area contributed by atoms with E-state index in [-0.39, 0.29) is 0 Å². The van der Waals surface area contributed by atoms with Crippen LogP contribution in [0.25, 0.3) is 0 Å². The summed E-state index contributed by atoms with van der Waals surface area (Å²) in [7, 11) is 4.58. The molecule has 0 rings (SSSR count). The fraction of sp³-hybridized carbons (Fsp3) is 1.00. The monoisotopic (exact) mass is 250 g/mol. The molecule has 0 unspecified atom stereocenters. The van der Waals surface area contributed by atoms with Gasteiger partial charge in [-0.1, -0.05) is 0 Å². The van der Waals surface area contributed by atoms with Gasteiger partial charge in [-0.05, 0) is 39.5 Å². The third kappa shape index (κ3) is 6.57. The van der Waals surface area contributed by atoms with Crippen LogP contribution in [0.5, 0.6) is 0 Å². The highest BCUT2D eigenvalue weighted by molar-refractivity contribution is 6.60. The lowest BCUT2D eigenvalue weighted by atomic mass is 10.4. The number of hydrogen-bond acceptors (Lipinski definition) is 5. The molecule has 0 aliphatic rings. The van der Waals surface area contributed by atoms with Gasteiger partial charge in [-0.15, -0.1) is 0 Å². The molecule has 0 heterocycles. The van der Waals surface area contributed by atoms with Gasteiger partial charge in [0.2, 0.25) is 0 Å². The summed E-state index contributed by atoms with van der Waals surface area (Å²) >= 11 is 0. The molecule has 0 saturated heterocycles. The molecule has 0 bridgehead atoms. The molecule has 0 radical (unpaired) electrons. The summed E-state index contributed by atoms with van der Waals surface area (Å²) in [5.41, 5.74) is 0. The topological polar surface area (TPSA) is 51.8 Å². The van der Waals surface area contributed by atoms with Gasteiger partial charge in [-0.2, -0.15) is 0 Å². The predicted molar refractivity (Wildman–Crippen MR) is 67.6 cm³/mol. The lowest BCUT2D eigenvalue weighted by Crippen LogP contribution is -2.43. The molecule has 0 atom stereocenters. The first kappa shape index (κ1) is 16.0. The molecule has 6 heteroatoms. The largest absolute Gasteiger partial charge is 0.500 e. The smallest absolute Gasteiger partial charge is 0.377 e. The Hall–Kier alpha value is 0.0169. The van der Waals surface area contributed by atoms with E-state index < -0.39 is 8.80 Å². The van der Waals surface area contributed by atoms with E-state index in [1.165, 1.54) is 0 Å². The van der Waals surface area contributed by atoms with Crippen molar-refractivity contribution in [3.63, 3.8) is 0 Å². The first-order chi connectivity index (χ1) is 7.74. The van der Waals surface area contributed by atoms with Crippen LogP contribution < -0.4 is 10.6 Å². The van der Waals surface area contributed by atoms with Crippen LogP contribution in [-0.2, 0) is 13.3 Å². The van der Waals surface area contributed by atoms with Gasteiger partial charge < -0.3 is 23.9 Å². The Bertz CT molecular complexity index is 149. The number of hydrogen-bond donors (Lipinski definition) is 2. The first-order valence-corrected chi connectivity index (χ1v) is 7.68. The molecule has 0 fully saturated rings.